The molecular formula is C17H21N3OS. The van der Waals surface area contributed by atoms with Crippen molar-refractivity contribution in [2.45, 2.75) is 12.5 Å². The van der Waals surface area contributed by atoms with E-state index in [2.05, 4.69) is 15.6 Å². The fourth-order valence-electron chi connectivity index (χ4n) is 2.15. The molecule has 22 heavy (non-hydrogen) atoms. The smallest absolute Gasteiger partial charge is 0.315 e. The van der Waals surface area contributed by atoms with E-state index < -0.39 is 0 Å². The Hall–Kier alpha value is -2.01. The number of nitrogens with zero attached hydrogens (tertiary/aromatic N) is 1. The first kappa shape index (κ1) is 16.4. The van der Waals surface area contributed by atoms with Crippen LogP contribution in [0.5, 0.6) is 0 Å². The Labute approximate surface area is 135 Å². The number of hydrogen-bond donors (Lipinski definition) is 2. The summed E-state index contributed by atoms with van der Waals surface area (Å²) in [5.41, 5.74) is 2.29. The lowest BCUT2D eigenvalue weighted by molar-refractivity contribution is 0.238. The highest BCUT2D eigenvalue weighted by Crippen LogP contribution is 2.16. The third-order valence-corrected chi connectivity index (χ3v) is 3.96. The minimum atomic E-state index is -0.128. The van der Waals surface area contributed by atoms with Crippen LogP contribution < -0.4 is 10.6 Å². The van der Waals surface area contributed by atoms with Crippen LogP contribution in [0.3, 0.4) is 0 Å². The average Bonchev–Trinajstić information content (AvgIpc) is 2.56. The summed E-state index contributed by atoms with van der Waals surface area (Å²) in [6, 6.07) is 13.9. The van der Waals surface area contributed by atoms with Crippen molar-refractivity contribution in [1.29, 1.82) is 0 Å². The van der Waals surface area contributed by atoms with Crippen LogP contribution in [0.15, 0.2) is 54.9 Å². The largest absolute Gasteiger partial charge is 0.338 e. The van der Waals surface area contributed by atoms with Gasteiger partial charge in [-0.15, -0.1) is 0 Å². The normalized spacial score (nSPS) is 11.7. The van der Waals surface area contributed by atoms with Gasteiger partial charge in [0.25, 0.3) is 0 Å². The number of pyridine rings is 1. The van der Waals surface area contributed by atoms with E-state index in [4.69, 9.17) is 0 Å². The Morgan fingerprint density at radius 2 is 1.91 bits per heavy atom. The molecule has 116 valence electrons. The monoisotopic (exact) mass is 315 g/mol. The number of thioether (sulfide) groups is 1. The van der Waals surface area contributed by atoms with Crippen LogP contribution in [0.1, 0.15) is 17.2 Å². The molecule has 2 aromatic rings. The molecule has 1 aromatic heterocycles. The van der Waals surface area contributed by atoms with E-state index in [1.54, 1.807) is 24.2 Å². The summed E-state index contributed by atoms with van der Waals surface area (Å²) in [4.78, 5) is 16.0. The number of carbonyl (C=O) groups is 1. The van der Waals surface area contributed by atoms with Gasteiger partial charge < -0.3 is 10.6 Å². The zero-order chi connectivity index (χ0) is 15.6. The van der Waals surface area contributed by atoms with Crippen molar-refractivity contribution in [3.63, 3.8) is 0 Å². The van der Waals surface area contributed by atoms with Gasteiger partial charge in [0, 0.05) is 24.7 Å². The predicted molar refractivity (Wildman–Crippen MR) is 92.0 cm³/mol. The lowest BCUT2D eigenvalue weighted by Gasteiger charge is -2.18. The molecule has 0 aliphatic carbocycles. The molecule has 1 unspecified atom stereocenters. The molecule has 0 aliphatic heterocycles. The molecule has 2 rings (SSSR count). The summed E-state index contributed by atoms with van der Waals surface area (Å²) >= 11 is 1.72. The fraction of sp³-hybridized carbons (Fsp3) is 0.294. The summed E-state index contributed by atoms with van der Waals surface area (Å²) < 4.78 is 0. The van der Waals surface area contributed by atoms with Crippen molar-refractivity contribution in [1.82, 2.24) is 15.6 Å². The topological polar surface area (TPSA) is 54.0 Å². The second kappa shape index (κ2) is 9.10. The standard InChI is InChI=1S/C17H21N3OS/c1-22-13-16(15-5-3-2-4-6-15)20-17(21)19-12-9-14-7-10-18-11-8-14/h2-8,10-11,16H,9,12-13H2,1H3,(H2,19,20,21). The molecule has 5 heteroatoms. The van der Waals surface area contributed by atoms with Gasteiger partial charge in [-0.2, -0.15) is 11.8 Å². The van der Waals surface area contributed by atoms with Crippen molar-refractivity contribution in [2.24, 2.45) is 0 Å². The maximum atomic E-state index is 12.0. The summed E-state index contributed by atoms with van der Waals surface area (Å²) in [6.45, 7) is 0.608. The number of carbonyl (C=O) groups excluding carboxylic acids is 1. The van der Waals surface area contributed by atoms with Crippen LogP contribution >= 0.6 is 11.8 Å². The van der Waals surface area contributed by atoms with Gasteiger partial charge >= 0.3 is 6.03 Å². The maximum Gasteiger partial charge on any atom is 0.315 e. The zero-order valence-corrected chi connectivity index (χ0v) is 13.5. The summed E-state index contributed by atoms with van der Waals surface area (Å²) in [6.07, 6.45) is 6.37. The maximum absolute atomic E-state index is 12.0. The molecule has 2 N–H and O–H groups in total. The van der Waals surface area contributed by atoms with Crippen molar-refractivity contribution < 1.29 is 4.79 Å². The summed E-state index contributed by atoms with van der Waals surface area (Å²) in [7, 11) is 0. The molecule has 0 bridgehead atoms. The van der Waals surface area contributed by atoms with Gasteiger partial charge in [-0.05, 0) is 35.9 Å². The Morgan fingerprint density at radius 1 is 1.18 bits per heavy atom. The fourth-order valence-corrected chi connectivity index (χ4v) is 2.76. The highest BCUT2D eigenvalue weighted by atomic mass is 32.2. The van der Waals surface area contributed by atoms with Gasteiger partial charge in [-0.3, -0.25) is 4.98 Å². The first-order valence-corrected chi connectivity index (χ1v) is 8.66. The molecule has 1 heterocycles. The van der Waals surface area contributed by atoms with Crippen LogP contribution in [0.25, 0.3) is 0 Å². The third-order valence-electron chi connectivity index (χ3n) is 3.29. The highest BCUT2D eigenvalue weighted by molar-refractivity contribution is 7.98. The van der Waals surface area contributed by atoms with Crippen molar-refractivity contribution in [2.75, 3.05) is 18.6 Å². The predicted octanol–water partition coefficient (Wildman–Crippen LogP) is 3.03. The molecule has 1 aromatic carbocycles. The molecule has 0 fully saturated rings. The van der Waals surface area contributed by atoms with Crippen LogP contribution in [0.4, 0.5) is 4.79 Å². The minimum absolute atomic E-state index is 0.0251. The number of nitrogens with one attached hydrogen (secondary N) is 2. The Kier molecular flexibility index (Phi) is 6.77. The Balaban J connectivity index is 1.81. The lowest BCUT2D eigenvalue weighted by atomic mass is 10.1. The van der Waals surface area contributed by atoms with Crippen LogP contribution in [-0.2, 0) is 6.42 Å². The van der Waals surface area contributed by atoms with Crippen molar-refractivity contribution in [3.8, 4) is 0 Å². The number of hydrogen-bond acceptors (Lipinski definition) is 3. The van der Waals surface area contributed by atoms with Crippen LogP contribution in [-0.4, -0.2) is 29.6 Å². The number of urea groups is 1. The Bertz CT molecular complexity index is 563. The van der Waals surface area contributed by atoms with Gasteiger partial charge in [0.1, 0.15) is 0 Å². The van der Waals surface area contributed by atoms with Crippen LogP contribution in [0, 0.1) is 0 Å². The number of rotatable bonds is 7. The van der Waals surface area contributed by atoms with Gasteiger partial charge in [-0.1, -0.05) is 30.3 Å². The van der Waals surface area contributed by atoms with Crippen LogP contribution in [0.2, 0.25) is 0 Å². The second-order valence-electron chi connectivity index (χ2n) is 4.92. The second-order valence-corrected chi connectivity index (χ2v) is 5.83. The number of benzene rings is 1. The molecule has 2 amide bonds. The summed E-state index contributed by atoms with van der Waals surface area (Å²) in [5.74, 6) is 0.849. The van der Waals surface area contributed by atoms with Gasteiger partial charge in [0.05, 0.1) is 6.04 Å². The molecular weight excluding hydrogens is 294 g/mol. The van der Waals surface area contributed by atoms with E-state index in [1.165, 1.54) is 5.56 Å². The lowest BCUT2D eigenvalue weighted by Crippen LogP contribution is -2.39. The average molecular weight is 315 g/mol. The van der Waals surface area contributed by atoms with Crippen molar-refractivity contribution in [3.05, 3.63) is 66.0 Å². The zero-order valence-electron chi connectivity index (χ0n) is 12.7. The summed E-state index contributed by atoms with van der Waals surface area (Å²) in [5, 5.41) is 5.95. The number of aromatic nitrogens is 1. The van der Waals surface area contributed by atoms with Gasteiger partial charge in [0.2, 0.25) is 0 Å². The molecule has 0 saturated carbocycles. The highest BCUT2D eigenvalue weighted by Gasteiger charge is 2.13. The van der Waals surface area contributed by atoms with E-state index >= 15 is 0 Å². The van der Waals surface area contributed by atoms with Gasteiger partial charge in [0.15, 0.2) is 0 Å². The van der Waals surface area contributed by atoms with Gasteiger partial charge in [-0.25, -0.2) is 4.79 Å². The molecule has 0 spiro atoms. The first-order chi connectivity index (χ1) is 10.8. The first-order valence-electron chi connectivity index (χ1n) is 7.26. The molecule has 0 radical (unpaired) electrons. The molecule has 0 aliphatic rings. The van der Waals surface area contributed by atoms with E-state index in [1.807, 2.05) is 48.7 Å². The third kappa shape index (κ3) is 5.41. The molecule has 4 nitrogen and oxygen atoms in total. The molecule has 1 atom stereocenters. The van der Waals surface area contributed by atoms with E-state index in [0.29, 0.717) is 6.54 Å². The SMILES string of the molecule is CSCC(NC(=O)NCCc1ccncc1)c1ccccc1. The quantitative estimate of drug-likeness (QED) is 0.826. The number of amides is 2. The Morgan fingerprint density at radius 3 is 2.59 bits per heavy atom. The molecule has 0 saturated heterocycles. The van der Waals surface area contributed by atoms with E-state index in [-0.39, 0.29) is 12.1 Å². The van der Waals surface area contributed by atoms with E-state index in [0.717, 1.165) is 17.7 Å². The van der Waals surface area contributed by atoms with Crippen molar-refractivity contribution >= 4 is 17.8 Å². The minimum Gasteiger partial charge on any atom is -0.338 e. The van der Waals surface area contributed by atoms with E-state index in [9.17, 15) is 4.79 Å².